The third-order valence-corrected chi connectivity index (χ3v) is 1.41. The van der Waals surface area contributed by atoms with Crippen LogP contribution in [0.25, 0.3) is 0 Å². The van der Waals surface area contributed by atoms with Crippen molar-refractivity contribution in [3.8, 4) is 0 Å². The van der Waals surface area contributed by atoms with Gasteiger partial charge in [-0.2, -0.15) is 13.2 Å². The molecule has 0 saturated carbocycles. The molecule has 0 atom stereocenters. The van der Waals surface area contributed by atoms with Gasteiger partial charge in [-0.3, -0.25) is 0 Å². The van der Waals surface area contributed by atoms with E-state index < -0.39 is 12.8 Å². The molecule has 0 unspecified atom stereocenters. The smallest absolute Gasteiger partial charge is 0.371 e. The highest BCUT2D eigenvalue weighted by molar-refractivity contribution is 4.69. The Hall–Kier alpha value is -0.290. The van der Waals surface area contributed by atoms with E-state index in [2.05, 4.69) is 10.1 Å². The number of nitrogens with one attached hydrogen (secondary N) is 1. The minimum atomic E-state index is -4.23. The van der Waals surface area contributed by atoms with Gasteiger partial charge in [-0.25, -0.2) is 0 Å². The van der Waals surface area contributed by atoms with E-state index >= 15 is 0 Å². The van der Waals surface area contributed by atoms with E-state index in [1.165, 1.54) is 0 Å². The molecule has 5 heteroatoms. The zero-order valence-corrected chi connectivity index (χ0v) is 8.16. The van der Waals surface area contributed by atoms with Crippen molar-refractivity contribution in [3.63, 3.8) is 0 Å². The van der Waals surface area contributed by atoms with Crippen molar-refractivity contribution < 1.29 is 17.9 Å². The van der Waals surface area contributed by atoms with Crippen LogP contribution in [0, 0.1) is 5.41 Å². The van der Waals surface area contributed by atoms with Gasteiger partial charge in [-0.1, -0.05) is 13.8 Å². The Morgan fingerprint density at radius 1 is 1.15 bits per heavy atom. The molecular formula is C8H16F3NO. The van der Waals surface area contributed by atoms with Gasteiger partial charge in [0.15, 0.2) is 0 Å². The van der Waals surface area contributed by atoms with Gasteiger partial charge in [0.1, 0.15) is 6.61 Å². The Balaban J connectivity index is 3.63. The number of hydrogen-bond acceptors (Lipinski definition) is 2. The lowest BCUT2D eigenvalue weighted by molar-refractivity contribution is -0.179. The molecule has 0 spiro atoms. The molecule has 1 N–H and O–H groups in total. The molecule has 0 aromatic heterocycles. The monoisotopic (exact) mass is 199 g/mol. The van der Waals surface area contributed by atoms with Crippen LogP contribution in [-0.2, 0) is 4.74 Å². The van der Waals surface area contributed by atoms with E-state index in [1.807, 2.05) is 13.8 Å². The molecule has 0 saturated heterocycles. The van der Waals surface area contributed by atoms with Gasteiger partial charge in [-0.15, -0.1) is 0 Å². The normalized spacial score (nSPS) is 13.4. The van der Waals surface area contributed by atoms with Gasteiger partial charge in [-0.05, 0) is 7.05 Å². The van der Waals surface area contributed by atoms with Crippen molar-refractivity contribution in [1.29, 1.82) is 0 Å². The van der Waals surface area contributed by atoms with Crippen molar-refractivity contribution in [3.05, 3.63) is 0 Å². The van der Waals surface area contributed by atoms with Crippen LogP contribution < -0.4 is 5.32 Å². The maximum Gasteiger partial charge on any atom is 0.411 e. The van der Waals surface area contributed by atoms with Gasteiger partial charge >= 0.3 is 6.18 Å². The third kappa shape index (κ3) is 8.05. The first kappa shape index (κ1) is 12.7. The van der Waals surface area contributed by atoms with E-state index in [9.17, 15) is 13.2 Å². The highest BCUT2D eigenvalue weighted by Crippen LogP contribution is 2.18. The summed E-state index contributed by atoms with van der Waals surface area (Å²) in [7, 11) is 1.76. The van der Waals surface area contributed by atoms with Crippen LogP contribution in [0.2, 0.25) is 0 Å². The van der Waals surface area contributed by atoms with Crippen LogP contribution in [0.3, 0.4) is 0 Å². The van der Waals surface area contributed by atoms with Crippen molar-refractivity contribution in [2.24, 2.45) is 5.41 Å². The Morgan fingerprint density at radius 2 is 1.69 bits per heavy atom. The minimum Gasteiger partial charge on any atom is -0.371 e. The summed E-state index contributed by atoms with van der Waals surface area (Å²) in [6, 6.07) is 0. The Labute approximate surface area is 76.5 Å². The molecule has 0 rings (SSSR count). The van der Waals surface area contributed by atoms with Crippen molar-refractivity contribution in [2.45, 2.75) is 20.0 Å². The molecule has 80 valence electrons. The standard InChI is InChI=1S/C8H16F3NO/c1-7(2,4-12-3)5-13-6-8(9,10)11/h12H,4-6H2,1-3H3. The van der Waals surface area contributed by atoms with E-state index in [-0.39, 0.29) is 12.0 Å². The summed E-state index contributed by atoms with van der Waals surface area (Å²) in [5, 5.41) is 2.89. The van der Waals surface area contributed by atoms with Gasteiger partial charge in [0.25, 0.3) is 0 Å². The number of halogens is 3. The molecule has 0 aliphatic carbocycles. The number of rotatable bonds is 5. The number of hydrogen-bond donors (Lipinski definition) is 1. The first-order valence-electron chi connectivity index (χ1n) is 4.06. The van der Waals surface area contributed by atoms with Crippen LogP contribution in [0.4, 0.5) is 13.2 Å². The summed E-state index contributed by atoms with van der Waals surface area (Å²) < 4.78 is 39.6. The van der Waals surface area contributed by atoms with E-state index in [4.69, 9.17) is 0 Å². The molecule has 2 nitrogen and oxygen atoms in total. The molecule has 0 aromatic carbocycles. The molecule has 0 amide bonds. The van der Waals surface area contributed by atoms with Crippen molar-refractivity contribution in [1.82, 2.24) is 5.32 Å². The van der Waals surface area contributed by atoms with Crippen LogP contribution in [0.5, 0.6) is 0 Å². The van der Waals surface area contributed by atoms with Crippen LogP contribution in [0.15, 0.2) is 0 Å². The Kier molecular flexibility index (Phi) is 4.70. The Bertz CT molecular complexity index is 145. The fourth-order valence-corrected chi connectivity index (χ4v) is 0.973. The molecular weight excluding hydrogens is 183 g/mol. The highest BCUT2D eigenvalue weighted by Gasteiger charge is 2.29. The lowest BCUT2D eigenvalue weighted by Gasteiger charge is -2.24. The lowest BCUT2D eigenvalue weighted by Crippen LogP contribution is -2.32. The van der Waals surface area contributed by atoms with Crippen LogP contribution >= 0.6 is 0 Å². The largest absolute Gasteiger partial charge is 0.411 e. The summed E-state index contributed by atoms with van der Waals surface area (Å²) >= 11 is 0. The van der Waals surface area contributed by atoms with Gasteiger partial charge in [0, 0.05) is 12.0 Å². The molecule has 13 heavy (non-hydrogen) atoms. The zero-order valence-electron chi connectivity index (χ0n) is 8.16. The number of alkyl halides is 3. The fourth-order valence-electron chi connectivity index (χ4n) is 0.973. The summed E-state index contributed by atoms with van der Waals surface area (Å²) in [4.78, 5) is 0. The van der Waals surface area contributed by atoms with Gasteiger partial charge in [0.05, 0.1) is 6.61 Å². The third-order valence-electron chi connectivity index (χ3n) is 1.41. The van der Waals surface area contributed by atoms with Crippen LogP contribution in [-0.4, -0.2) is 33.0 Å². The maximum atomic E-state index is 11.7. The molecule has 0 bridgehead atoms. The average molecular weight is 199 g/mol. The van der Waals surface area contributed by atoms with Gasteiger partial charge < -0.3 is 10.1 Å². The second kappa shape index (κ2) is 4.81. The Morgan fingerprint density at radius 3 is 2.08 bits per heavy atom. The zero-order chi connectivity index (χ0) is 10.5. The van der Waals surface area contributed by atoms with E-state index in [0.717, 1.165) is 0 Å². The number of ether oxygens (including phenoxy) is 1. The summed E-state index contributed by atoms with van der Waals surface area (Å²) in [5.74, 6) is 0. The van der Waals surface area contributed by atoms with Crippen LogP contribution in [0.1, 0.15) is 13.8 Å². The predicted molar refractivity (Wildman–Crippen MR) is 44.6 cm³/mol. The summed E-state index contributed by atoms with van der Waals surface area (Å²) in [6.45, 7) is 3.26. The molecule has 0 heterocycles. The molecule has 0 radical (unpaired) electrons. The van der Waals surface area contributed by atoms with Crippen molar-refractivity contribution in [2.75, 3.05) is 26.8 Å². The molecule has 0 fully saturated rings. The molecule has 0 aliphatic heterocycles. The topological polar surface area (TPSA) is 21.3 Å². The first-order chi connectivity index (χ1) is 5.77. The SMILES string of the molecule is CNCC(C)(C)COCC(F)(F)F. The lowest BCUT2D eigenvalue weighted by atomic mass is 9.95. The summed E-state index contributed by atoms with van der Waals surface area (Å²) in [6.07, 6.45) is -4.23. The van der Waals surface area contributed by atoms with Crippen molar-refractivity contribution >= 4 is 0 Å². The average Bonchev–Trinajstić information content (AvgIpc) is 1.82. The minimum absolute atomic E-state index is 0.105. The summed E-state index contributed by atoms with van der Waals surface area (Å²) in [5.41, 5.74) is -0.264. The predicted octanol–water partition coefficient (Wildman–Crippen LogP) is 1.81. The second-order valence-corrected chi connectivity index (χ2v) is 3.80. The van der Waals surface area contributed by atoms with Gasteiger partial charge in [0.2, 0.25) is 0 Å². The molecule has 0 aliphatic rings. The highest BCUT2D eigenvalue weighted by atomic mass is 19.4. The first-order valence-corrected chi connectivity index (χ1v) is 4.06. The van der Waals surface area contributed by atoms with E-state index in [1.54, 1.807) is 7.05 Å². The van der Waals surface area contributed by atoms with E-state index in [0.29, 0.717) is 6.54 Å². The second-order valence-electron chi connectivity index (χ2n) is 3.80. The molecule has 0 aromatic rings. The maximum absolute atomic E-state index is 11.7. The quantitative estimate of drug-likeness (QED) is 0.729. The fraction of sp³-hybridized carbons (Fsp3) is 1.00.